The van der Waals surface area contributed by atoms with E-state index >= 15 is 0 Å². The molecule has 0 aliphatic rings. The van der Waals surface area contributed by atoms with Crippen molar-refractivity contribution in [1.82, 2.24) is 15.2 Å². The molecule has 0 aliphatic carbocycles. The number of likely N-dealkylation sites (N-methyl/N-ethyl adjacent to an activating group) is 2. The monoisotopic (exact) mass is 643 g/mol. The van der Waals surface area contributed by atoms with Gasteiger partial charge in [-0.2, -0.15) is 0 Å². The number of halogens is 2. The van der Waals surface area contributed by atoms with E-state index in [-0.39, 0.29) is 33.1 Å². The summed E-state index contributed by atoms with van der Waals surface area (Å²) in [6, 6.07) is 17.2. The van der Waals surface area contributed by atoms with Gasteiger partial charge in [-0.05, 0) is 61.4 Å². The second-order valence-corrected chi connectivity index (χ2v) is 12.9. The third kappa shape index (κ3) is 7.74. The van der Waals surface area contributed by atoms with Crippen LogP contribution in [0.5, 0.6) is 0 Å². The van der Waals surface area contributed by atoms with Gasteiger partial charge < -0.3 is 20.2 Å². The molecule has 3 aromatic carbocycles. The Bertz CT molecular complexity index is 1730. The number of aromatic nitrogens is 1. The molecular formula is C30H31Cl2N5O5S. The summed E-state index contributed by atoms with van der Waals surface area (Å²) in [6.07, 6.45) is 1.71. The number of rotatable bonds is 12. The first kappa shape index (κ1) is 32.0. The number of carboxylic acid groups (broad SMARTS) is 1. The molecule has 0 saturated heterocycles. The second kappa shape index (κ2) is 13.6. The molecule has 2 N–H and O–H groups in total. The quantitative estimate of drug-likeness (QED) is 0.227. The number of nitrogens with one attached hydrogen (secondary N) is 1. The highest BCUT2D eigenvalue weighted by atomic mass is 35.5. The fourth-order valence-corrected chi connectivity index (χ4v) is 6.59. The molecule has 226 valence electrons. The number of fused-ring (bicyclic) bond motifs is 1. The molecule has 10 nitrogen and oxygen atoms in total. The van der Waals surface area contributed by atoms with Gasteiger partial charge >= 0.3 is 5.97 Å². The largest absolute Gasteiger partial charge is 0.480 e. The van der Waals surface area contributed by atoms with Crippen LogP contribution in [0, 0.1) is 0 Å². The molecule has 43 heavy (non-hydrogen) atoms. The van der Waals surface area contributed by atoms with Gasteiger partial charge in [-0.3, -0.25) is 13.9 Å². The Labute approximate surface area is 260 Å². The first-order valence-corrected chi connectivity index (χ1v) is 15.4. The average molecular weight is 645 g/mol. The van der Waals surface area contributed by atoms with Crippen LogP contribution in [-0.4, -0.2) is 76.1 Å². The van der Waals surface area contributed by atoms with Crippen molar-refractivity contribution >= 4 is 67.4 Å². The van der Waals surface area contributed by atoms with Crippen LogP contribution in [0.15, 0.2) is 77.8 Å². The van der Waals surface area contributed by atoms with Gasteiger partial charge in [0, 0.05) is 53.9 Å². The Balaban J connectivity index is 1.61. The zero-order valence-corrected chi connectivity index (χ0v) is 26.1. The van der Waals surface area contributed by atoms with Gasteiger partial charge in [0.25, 0.3) is 15.9 Å². The molecule has 1 amide bonds. The number of carboxylic acids is 1. The van der Waals surface area contributed by atoms with Gasteiger partial charge in [0.05, 0.1) is 10.6 Å². The van der Waals surface area contributed by atoms with Crippen LogP contribution in [0.3, 0.4) is 0 Å². The summed E-state index contributed by atoms with van der Waals surface area (Å²) in [7, 11) is 1.57. The van der Waals surface area contributed by atoms with Crippen LogP contribution in [0.1, 0.15) is 15.9 Å². The number of hydrogen-bond acceptors (Lipinski definition) is 7. The third-order valence-corrected chi connectivity index (χ3v) is 8.83. The van der Waals surface area contributed by atoms with Crippen molar-refractivity contribution in [2.75, 3.05) is 50.0 Å². The molecule has 1 aromatic heterocycles. The molecule has 0 unspecified atom stereocenters. The minimum atomic E-state index is -4.41. The Hall–Kier alpha value is -3.90. The lowest BCUT2D eigenvalue weighted by Gasteiger charge is -2.25. The summed E-state index contributed by atoms with van der Waals surface area (Å²) in [5.41, 5.74) is 1.19. The van der Waals surface area contributed by atoms with E-state index in [1.54, 1.807) is 36.5 Å². The maximum atomic E-state index is 13.7. The SMILES string of the molecule is CN(C)CCN(C)c1ccc(CNC(=O)c2cccc3c(N(CC(=O)O)S(=O)(=O)c4cc(Cl)cc(Cl)c4)cccc23)cn1. The predicted molar refractivity (Wildman–Crippen MR) is 170 cm³/mol. The van der Waals surface area contributed by atoms with E-state index in [1.165, 1.54) is 24.3 Å². The zero-order valence-electron chi connectivity index (χ0n) is 23.8. The van der Waals surface area contributed by atoms with Crippen molar-refractivity contribution in [3.05, 3.63) is 94.1 Å². The van der Waals surface area contributed by atoms with E-state index in [4.69, 9.17) is 23.2 Å². The van der Waals surface area contributed by atoms with E-state index in [2.05, 4.69) is 15.2 Å². The topological polar surface area (TPSA) is 123 Å². The molecule has 0 aliphatic heterocycles. The van der Waals surface area contributed by atoms with E-state index in [0.717, 1.165) is 28.8 Å². The van der Waals surface area contributed by atoms with Gasteiger partial charge in [-0.15, -0.1) is 0 Å². The van der Waals surface area contributed by atoms with Crippen molar-refractivity contribution < 1.29 is 23.1 Å². The Morgan fingerprint density at radius 1 is 0.907 bits per heavy atom. The van der Waals surface area contributed by atoms with Crippen LogP contribution >= 0.6 is 23.2 Å². The van der Waals surface area contributed by atoms with Crippen LogP contribution in [0.4, 0.5) is 11.5 Å². The Kier molecular flexibility index (Phi) is 10.1. The third-order valence-electron chi connectivity index (χ3n) is 6.65. The lowest BCUT2D eigenvalue weighted by atomic mass is 10.0. The van der Waals surface area contributed by atoms with Crippen LogP contribution in [0.2, 0.25) is 10.0 Å². The zero-order chi connectivity index (χ0) is 31.3. The van der Waals surface area contributed by atoms with E-state index in [0.29, 0.717) is 16.3 Å². The minimum absolute atomic E-state index is 0.0828. The highest BCUT2D eigenvalue weighted by molar-refractivity contribution is 7.93. The lowest BCUT2D eigenvalue weighted by Crippen LogP contribution is -2.36. The first-order chi connectivity index (χ1) is 20.4. The fraction of sp³-hybridized carbons (Fsp3) is 0.233. The molecule has 0 spiro atoms. The summed E-state index contributed by atoms with van der Waals surface area (Å²) in [5.74, 6) is -0.935. The highest BCUT2D eigenvalue weighted by Crippen LogP contribution is 2.34. The molecule has 13 heteroatoms. The van der Waals surface area contributed by atoms with Gasteiger partial charge in [0.2, 0.25) is 0 Å². The molecule has 0 atom stereocenters. The number of carbonyl (C=O) groups excluding carboxylic acids is 1. The van der Waals surface area contributed by atoms with Crippen LogP contribution in [-0.2, 0) is 21.4 Å². The van der Waals surface area contributed by atoms with Crippen LogP contribution in [0.25, 0.3) is 10.8 Å². The van der Waals surface area contributed by atoms with Crippen LogP contribution < -0.4 is 14.5 Å². The standard InChI is InChI=1S/C30H31Cl2N5O5S/c1-35(2)12-13-36(3)28-11-10-20(17-33-28)18-34-30(40)26-8-4-7-25-24(26)6-5-9-27(25)37(19-29(38)39)43(41,42)23-15-21(31)14-22(32)16-23/h4-11,14-17H,12-13,18-19H2,1-3H3,(H,34,40)(H,38,39). The first-order valence-electron chi connectivity index (χ1n) is 13.2. The number of amides is 1. The number of carbonyl (C=O) groups is 2. The summed E-state index contributed by atoms with van der Waals surface area (Å²) in [6.45, 7) is 1.06. The number of anilines is 2. The average Bonchev–Trinajstić information content (AvgIpc) is 2.96. The number of hydrogen-bond donors (Lipinski definition) is 2. The maximum Gasteiger partial charge on any atom is 0.324 e. The molecular weight excluding hydrogens is 613 g/mol. The van der Waals surface area contributed by atoms with E-state index in [9.17, 15) is 23.1 Å². The predicted octanol–water partition coefficient (Wildman–Crippen LogP) is 4.75. The smallest absolute Gasteiger partial charge is 0.324 e. The summed E-state index contributed by atoms with van der Waals surface area (Å²) < 4.78 is 28.1. The van der Waals surface area contributed by atoms with E-state index < -0.39 is 22.5 Å². The number of aliphatic carboxylic acids is 1. The van der Waals surface area contributed by atoms with Gasteiger partial charge in [-0.1, -0.05) is 53.5 Å². The number of sulfonamides is 1. The molecule has 0 fully saturated rings. The molecule has 0 saturated carbocycles. The van der Waals surface area contributed by atoms with Gasteiger partial charge in [0.1, 0.15) is 12.4 Å². The molecule has 0 bridgehead atoms. The molecule has 0 radical (unpaired) electrons. The van der Waals surface area contributed by atoms with Crippen molar-refractivity contribution in [2.24, 2.45) is 0 Å². The van der Waals surface area contributed by atoms with Crippen molar-refractivity contribution in [2.45, 2.75) is 11.4 Å². The van der Waals surface area contributed by atoms with Gasteiger partial charge in [-0.25, -0.2) is 13.4 Å². The minimum Gasteiger partial charge on any atom is -0.480 e. The lowest BCUT2D eigenvalue weighted by molar-refractivity contribution is -0.135. The number of benzene rings is 3. The van der Waals surface area contributed by atoms with E-state index in [1.807, 2.05) is 38.2 Å². The number of pyridine rings is 1. The van der Waals surface area contributed by atoms with Crippen molar-refractivity contribution in [3.8, 4) is 0 Å². The Morgan fingerprint density at radius 3 is 2.21 bits per heavy atom. The summed E-state index contributed by atoms with van der Waals surface area (Å²) in [4.78, 5) is 33.5. The summed E-state index contributed by atoms with van der Waals surface area (Å²) in [5, 5.41) is 13.5. The highest BCUT2D eigenvalue weighted by Gasteiger charge is 2.29. The van der Waals surface area contributed by atoms with Crippen molar-refractivity contribution in [1.29, 1.82) is 0 Å². The van der Waals surface area contributed by atoms with Gasteiger partial charge in [0.15, 0.2) is 0 Å². The molecule has 4 aromatic rings. The summed E-state index contributed by atoms with van der Waals surface area (Å²) >= 11 is 12.1. The fourth-order valence-electron chi connectivity index (χ4n) is 4.43. The van der Waals surface area contributed by atoms with Crippen molar-refractivity contribution in [3.63, 3.8) is 0 Å². The molecule has 4 rings (SSSR count). The maximum absolute atomic E-state index is 13.7. The molecule has 1 heterocycles. The number of nitrogens with zero attached hydrogens (tertiary/aromatic N) is 4. The Morgan fingerprint density at radius 2 is 1.58 bits per heavy atom. The second-order valence-electron chi connectivity index (χ2n) is 10.1. The normalized spacial score (nSPS) is 11.5.